The number of aliphatic hydroxyl groups is 2. The summed E-state index contributed by atoms with van der Waals surface area (Å²) < 4.78 is 5.31. The Kier molecular flexibility index (Phi) is 10.4. The second-order valence-electron chi connectivity index (χ2n) is 9.62. The summed E-state index contributed by atoms with van der Waals surface area (Å²) in [6.07, 6.45) is 0.568. The van der Waals surface area contributed by atoms with Gasteiger partial charge < -0.3 is 19.3 Å². The van der Waals surface area contributed by atoms with E-state index in [2.05, 4.69) is 31.0 Å². The van der Waals surface area contributed by atoms with Gasteiger partial charge in [-0.15, -0.1) is 0 Å². The highest BCUT2D eigenvalue weighted by atomic mass is 16.3. The smallest absolute Gasteiger partial charge is 0.332 e. The van der Waals surface area contributed by atoms with Gasteiger partial charge in [0.1, 0.15) is 12.4 Å². The van der Waals surface area contributed by atoms with E-state index in [0.29, 0.717) is 37.2 Å². The summed E-state index contributed by atoms with van der Waals surface area (Å²) in [5.74, 6) is 0.750. The summed E-state index contributed by atoms with van der Waals surface area (Å²) in [6, 6.07) is 9.93. The summed E-state index contributed by atoms with van der Waals surface area (Å²) in [5, 5.41) is 17.6. The number of imidazole rings is 1. The number of quaternary nitrogens is 1. The van der Waals surface area contributed by atoms with E-state index >= 15 is 0 Å². The van der Waals surface area contributed by atoms with Crippen molar-refractivity contribution >= 4 is 11.2 Å². The van der Waals surface area contributed by atoms with Gasteiger partial charge in [-0.05, 0) is 12.1 Å². The van der Waals surface area contributed by atoms with Gasteiger partial charge in [0.05, 0.1) is 34.4 Å². The van der Waals surface area contributed by atoms with Crippen molar-refractivity contribution in [3.05, 3.63) is 62.6 Å². The van der Waals surface area contributed by atoms with E-state index < -0.39 is 0 Å². The fourth-order valence-electron chi connectivity index (χ4n) is 3.76. The maximum Gasteiger partial charge on any atom is 0.332 e. The van der Waals surface area contributed by atoms with E-state index in [1.807, 2.05) is 41.8 Å². The molecule has 0 radical (unpaired) electrons. The minimum Gasteiger partial charge on any atom is -0.395 e. The van der Waals surface area contributed by atoms with Crippen LogP contribution in [0.2, 0.25) is 0 Å². The zero-order valence-electron chi connectivity index (χ0n) is 21.9. The number of benzene rings is 1. The number of aromatic nitrogens is 4. The van der Waals surface area contributed by atoms with Crippen LogP contribution in [0.5, 0.6) is 0 Å². The minimum absolute atomic E-state index is 0.0889. The first-order valence-corrected chi connectivity index (χ1v) is 12.0. The van der Waals surface area contributed by atoms with Crippen molar-refractivity contribution in [1.29, 1.82) is 0 Å². The van der Waals surface area contributed by atoms with Gasteiger partial charge in [0.25, 0.3) is 5.56 Å². The second kappa shape index (κ2) is 12.8. The van der Waals surface area contributed by atoms with Crippen LogP contribution in [-0.4, -0.2) is 98.8 Å². The average Bonchev–Trinajstić information content (AvgIpc) is 3.17. The average molecular weight is 490 g/mol. The van der Waals surface area contributed by atoms with E-state index in [0.717, 1.165) is 33.5 Å². The highest BCUT2D eigenvalue weighted by molar-refractivity contribution is 5.71. The standard InChI is InChI=1S/C20H27N5O3.C5H14NO/c1-4-24(12-13-26)10-11-25-16(14-15-8-6-5-7-9-15)21-18-17(25)19(27)23(3)20(28)22(18)2;1-6(2,3)4-5-7/h5-9,26H,4,10-14H2,1-3H3;7H,4-5H2,1-3H3/q;+1. The van der Waals surface area contributed by atoms with E-state index in [-0.39, 0.29) is 24.5 Å². The number of aliphatic hydroxyl groups excluding tert-OH is 2. The molecule has 0 aliphatic rings. The molecule has 0 saturated carbocycles. The van der Waals surface area contributed by atoms with Gasteiger partial charge in [0.2, 0.25) is 0 Å². The molecule has 194 valence electrons. The van der Waals surface area contributed by atoms with E-state index in [9.17, 15) is 14.7 Å². The van der Waals surface area contributed by atoms with Crippen LogP contribution >= 0.6 is 0 Å². The highest BCUT2D eigenvalue weighted by Crippen LogP contribution is 2.15. The Labute approximate surface area is 206 Å². The molecular formula is C25H41N6O4+. The van der Waals surface area contributed by atoms with Crippen LogP contribution in [0.25, 0.3) is 11.2 Å². The predicted molar refractivity (Wildman–Crippen MR) is 139 cm³/mol. The number of aryl methyl sites for hydroxylation is 1. The first kappa shape index (κ1) is 28.4. The number of likely N-dealkylation sites (N-methyl/N-ethyl adjacent to an activating group) is 2. The molecule has 3 aromatic rings. The fraction of sp³-hybridized carbons (Fsp3) is 0.560. The molecule has 0 fully saturated rings. The lowest BCUT2D eigenvalue weighted by atomic mass is 10.1. The largest absolute Gasteiger partial charge is 0.395 e. The summed E-state index contributed by atoms with van der Waals surface area (Å²) in [5.41, 5.74) is 1.21. The maximum atomic E-state index is 12.9. The molecule has 0 unspecified atom stereocenters. The van der Waals surface area contributed by atoms with Crippen LogP contribution < -0.4 is 11.2 Å². The highest BCUT2D eigenvalue weighted by Gasteiger charge is 2.19. The van der Waals surface area contributed by atoms with E-state index in [1.54, 1.807) is 7.05 Å². The van der Waals surface area contributed by atoms with Crippen LogP contribution in [0.15, 0.2) is 39.9 Å². The molecular weight excluding hydrogens is 448 g/mol. The molecule has 1 aromatic carbocycles. The maximum absolute atomic E-state index is 12.9. The Morgan fingerprint density at radius 1 is 0.971 bits per heavy atom. The molecule has 3 rings (SSSR count). The second-order valence-corrected chi connectivity index (χ2v) is 9.62. The van der Waals surface area contributed by atoms with E-state index in [1.165, 1.54) is 11.6 Å². The Hall–Kier alpha value is -2.79. The molecule has 2 heterocycles. The van der Waals surface area contributed by atoms with Crippen molar-refractivity contribution in [1.82, 2.24) is 23.6 Å². The van der Waals surface area contributed by atoms with Gasteiger partial charge >= 0.3 is 5.69 Å². The molecule has 0 spiro atoms. The van der Waals surface area contributed by atoms with E-state index in [4.69, 9.17) is 5.11 Å². The molecule has 10 heteroatoms. The molecule has 0 bridgehead atoms. The van der Waals surface area contributed by atoms with Gasteiger partial charge in [-0.3, -0.25) is 18.8 Å². The number of hydrogen-bond donors (Lipinski definition) is 2. The van der Waals surface area contributed by atoms with Crippen LogP contribution in [0, 0.1) is 0 Å². The minimum atomic E-state index is -0.385. The van der Waals surface area contributed by atoms with Crippen molar-refractivity contribution in [3.63, 3.8) is 0 Å². The number of rotatable bonds is 10. The Morgan fingerprint density at radius 3 is 2.14 bits per heavy atom. The first-order chi connectivity index (χ1) is 16.5. The molecule has 0 aliphatic heterocycles. The third kappa shape index (κ3) is 7.60. The van der Waals surface area contributed by atoms with Crippen LogP contribution in [0.4, 0.5) is 0 Å². The Balaban J connectivity index is 0.000000540. The summed E-state index contributed by atoms with van der Waals surface area (Å²) >= 11 is 0. The molecule has 0 aliphatic carbocycles. The Morgan fingerprint density at radius 2 is 1.63 bits per heavy atom. The summed E-state index contributed by atoms with van der Waals surface area (Å²) in [6.45, 7) is 5.85. The van der Waals surface area contributed by atoms with Gasteiger partial charge in [0, 0.05) is 40.2 Å². The number of fused-ring (bicyclic) bond motifs is 1. The Bertz CT molecular complexity index is 1190. The predicted octanol–water partition coefficient (Wildman–Crippen LogP) is 0.0236. The van der Waals surface area contributed by atoms with Gasteiger partial charge in [-0.25, -0.2) is 9.78 Å². The molecule has 10 nitrogen and oxygen atoms in total. The lowest BCUT2D eigenvalue weighted by Crippen LogP contribution is -2.38. The zero-order chi connectivity index (χ0) is 26.2. The van der Waals surface area contributed by atoms with Crippen molar-refractivity contribution in [2.45, 2.75) is 19.9 Å². The quantitative estimate of drug-likeness (QED) is 0.389. The normalized spacial score (nSPS) is 11.7. The van der Waals surface area contributed by atoms with Crippen LogP contribution in [0.1, 0.15) is 18.3 Å². The first-order valence-electron chi connectivity index (χ1n) is 12.0. The van der Waals surface area contributed by atoms with Crippen molar-refractivity contribution < 1.29 is 14.7 Å². The third-order valence-corrected chi connectivity index (χ3v) is 5.91. The lowest BCUT2D eigenvalue weighted by molar-refractivity contribution is -0.870. The zero-order valence-corrected chi connectivity index (χ0v) is 21.9. The lowest BCUT2D eigenvalue weighted by Gasteiger charge is -2.21. The van der Waals surface area contributed by atoms with Crippen LogP contribution in [0.3, 0.4) is 0 Å². The van der Waals surface area contributed by atoms with Gasteiger partial charge in [0.15, 0.2) is 11.2 Å². The SMILES string of the molecule is CCN(CCO)CCn1c(Cc2ccccc2)nc2c1c(=O)n(C)c(=O)n2C.C[N+](C)(C)CCO. The molecule has 2 N–H and O–H groups in total. The number of nitrogens with zero attached hydrogens (tertiary/aromatic N) is 6. The van der Waals surface area contributed by atoms with Crippen molar-refractivity contribution in [2.75, 3.05) is 60.5 Å². The number of hydrogen-bond acceptors (Lipinski definition) is 6. The van der Waals surface area contributed by atoms with Crippen molar-refractivity contribution in [3.8, 4) is 0 Å². The van der Waals surface area contributed by atoms with Crippen LogP contribution in [-0.2, 0) is 27.1 Å². The van der Waals surface area contributed by atoms with Gasteiger partial charge in [-0.2, -0.15) is 0 Å². The topological polar surface area (TPSA) is 106 Å². The third-order valence-electron chi connectivity index (χ3n) is 5.91. The molecule has 35 heavy (non-hydrogen) atoms. The summed E-state index contributed by atoms with van der Waals surface area (Å²) in [4.78, 5) is 32.0. The van der Waals surface area contributed by atoms with Gasteiger partial charge in [-0.1, -0.05) is 37.3 Å². The molecule has 0 amide bonds. The summed E-state index contributed by atoms with van der Waals surface area (Å²) in [7, 11) is 9.28. The fourth-order valence-corrected chi connectivity index (χ4v) is 3.76. The molecule has 0 atom stereocenters. The van der Waals surface area contributed by atoms with Crippen molar-refractivity contribution in [2.24, 2.45) is 14.1 Å². The molecule has 2 aromatic heterocycles. The molecule has 0 saturated heterocycles. The monoisotopic (exact) mass is 489 g/mol.